The summed E-state index contributed by atoms with van der Waals surface area (Å²) in [7, 11) is 0. The molecular formula is C16H17NO5. The summed E-state index contributed by atoms with van der Waals surface area (Å²) in [5.41, 5.74) is 0.446. The molecule has 3 atom stereocenters. The molecule has 1 aromatic carbocycles. The Bertz CT molecular complexity index is 596. The van der Waals surface area contributed by atoms with E-state index in [1.807, 2.05) is 0 Å². The lowest BCUT2D eigenvalue weighted by Gasteiger charge is -2.26. The van der Waals surface area contributed by atoms with Crippen LogP contribution in [0.4, 0.5) is 0 Å². The van der Waals surface area contributed by atoms with Crippen molar-refractivity contribution >= 4 is 17.8 Å². The molecule has 0 heterocycles. The summed E-state index contributed by atoms with van der Waals surface area (Å²) in [6, 6.07) is 7.13. The molecule has 0 radical (unpaired) electrons. The summed E-state index contributed by atoms with van der Waals surface area (Å²) in [6.07, 6.45) is 4.05. The molecule has 0 saturated carbocycles. The van der Waals surface area contributed by atoms with E-state index in [0.29, 0.717) is 12.0 Å². The van der Waals surface area contributed by atoms with E-state index in [9.17, 15) is 24.6 Å². The number of allylic oxidation sites excluding steroid dienone is 2. The van der Waals surface area contributed by atoms with Crippen LogP contribution in [0.5, 0.6) is 0 Å². The van der Waals surface area contributed by atoms with Crippen molar-refractivity contribution in [3.05, 3.63) is 48.0 Å². The van der Waals surface area contributed by atoms with Crippen LogP contribution in [-0.2, 0) is 14.4 Å². The van der Waals surface area contributed by atoms with E-state index >= 15 is 0 Å². The molecule has 116 valence electrons. The molecule has 6 nitrogen and oxygen atoms in total. The van der Waals surface area contributed by atoms with Crippen molar-refractivity contribution in [3.8, 4) is 0 Å². The first-order chi connectivity index (χ1) is 10.5. The number of benzene rings is 1. The zero-order chi connectivity index (χ0) is 16.1. The lowest BCUT2D eigenvalue weighted by atomic mass is 9.82. The van der Waals surface area contributed by atoms with Gasteiger partial charge in [-0.3, -0.25) is 9.59 Å². The minimum Gasteiger partial charge on any atom is -0.481 e. The Morgan fingerprint density at radius 3 is 2.14 bits per heavy atom. The number of carbonyl (C=O) groups is 3. The van der Waals surface area contributed by atoms with Gasteiger partial charge in [-0.2, -0.15) is 0 Å². The number of carbonyl (C=O) groups excluding carboxylic acids is 1. The van der Waals surface area contributed by atoms with Gasteiger partial charge in [0.1, 0.15) is 0 Å². The van der Waals surface area contributed by atoms with Crippen LogP contribution in [0.15, 0.2) is 42.5 Å². The van der Waals surface area contributed by atoms with Crippen LogP contribution >= 0.6 is 0 Å². The van der Waals surface area contributed by atoms with Crippen LogP contribution in [0.2, 0.25) is 0 Å². The molecule has 2 rings (SSSR count). The van der Waals surface area contributed by atoms with E-state index in [-0.39, 0.29) is 6.42 Å². The predicted molar refractivity (Wildman–Crippen MR) is 78.0 cm³/mol. The summed E-state index contributed by atoms with van der Waals surface area (Å²) >= 11 is 0. The fraction of sp³-hybridized carbons (Fsp3) is 0.312. The number of nitrogens with one attached hydrogen (secondary N) is 1. The van der Waals surface area contributed by atoms with Crippen molar-refractivity contribution in [2.45, 2.75) is 18.9 Å². The van der Waals surface area contributed by atoms with Gasteiger partial charge in [0.15, 0.2) is 6.04 Å². The van der Waals surface area contributed by atoms with Gasteiger partial charge in [0, 0.05) is 0 Å². The summed E-state index contributed by atoms with van der Waals surface area (Å²) in [4.78, 5) is 34.9. The topological polar surface area (TPSA) is 104 Å². The van der Waals surface area contributed by atoms with Crippen LogP contribution in [0.3, 0.4) is 0 Å². The smallest absolute Gasteiger partial charge is 0.330 e. The third-order valence-electron chi connectivity index (χ3n) is 3.75. The minimum atomic E-state index is -1.19. The standard InChI is InChI=1S/C16H17NO5/c18-14(11-8-4-5-9-12(11)15(19)20)17-13(16(21)22)10-6-2-1-3-7-10/h1-7,11-13H,8-9H2,(H,17,18)(H,19,20)(H,21,22). The third kappa shape index (κ3) is 3.52. The molecule has 1 aromatic rings. The average molecular weight is 303 g/mol. The van der Waals surface area contributed by atoms with Gasteiger partial charge in [0.05, 0.1) is 11.8 Å². The Morgan fingerprint density at radius 1 is 1.00 bits per heavy atom. The van der Waals surface area contributed by atoms with Crippen molar-refractivity contribution in [2.75, 3.05) is 0 Å². The quantitative estimate of drug-likeness (QED) is 0.717. The normalized spacial score (nSPS) is 21.8. The SMILES string of the molecule is O=C(O)C(NC(=O)C1CC=CCC1C(=O)O)c1ccccc1. The van der Waals surface area contributed by atoms with Gasteiger partial charge in [-0.1, -0.05) is 42.5 Å². The maximum absolute atomic E-state index is 12.3. The van der Waals surface area contributed by atoms with Crippen molar-refractivity contribution in [3.63, 3.8) is 0 Å². The van der Waals surface area contributed by atoms with Crippen LogP contribution in [0.25, 0.3) is 0 Å². The maximum atomic E-state index is 12.3. The highest BCUT2D eigenvalue weighted by atomic mass is 16.4. The maximum Gasteiger partial charge on any atom is 0.330 e. The van der Waals surface area contributed by atoms with Crippen molar-refractivity contribution in [1.29, 1.82) is 0 Å². The average Bonchev–Trinajstić information content (AvgIpc) is 2.52. The highest BCUT2D eigenvalue weighted by Crippen LogP contribution is 2.27. The highest BCUT2D eigenvalue weighted by Gasteiger charge is 2.35. The van der Waals surface area contributed by atoms with Gasteiger partial charge >= 0.3 is 11.9 Å². The van der Waals surface area contributed by atoms with Gasteiger partial charge in [0.2, 0.25) is 5.91 Å². The summed E-state index contributed by atoms with van der Waals surface area (Å²) in [6.45, 7) is 0. The molecule has 22 heavy (non-hydrogen) atoms. The number of aliphatic carboxylic acids is 2. The Hall–Kier alpha value is -2.63. The van der Waals surface area contributed by atoms with Crippen LogP contribution < -0.4 is 5.32 Å². The second kappa shape index (κ2) is 6.89. The molecule has 3 unspecified atom stereocenters. The number of carboxylic acid groups (broad SMARTS) is 2. The van der Waals surface area contributed by atoms with E-state index in [1.165, 1.54) is 0 Å². The van der Waals surface area contributed by atoms with Crippen LogP contribution in [0.1, 0.15) is 24.4 Å². The third-order valence-corrected chi connectivity index (χ3v) is 3.75. The fourth-order valence-corrected chi connectivity index (χ4v) is 2.56. The van der Waals surface area contributed by atoms with Crippen molar-refractivity contribution < 1.29 is 24.6 Å². The number of hydrogen-bond acceptors (Lipinski definition) is 3. The molecule has 0 saturated heterocycles. The minimum absolute atomic E-state index is 0.274. The summed E-state index contributed by atoms with van der Waals surface area (Å²) in [5, 5.41) is 20.9. The molecule has 0 aromatic heterocycles. The van der Waals surface area contributed by atoms with Crippen molar-refractivity contribution in [2.24, 2.45) is 11.8 Å². The molecule has 6 heteroatoms. The van der Waals surface area contributed by atoms with Gasteiger partial charge in [-0.05, 0) is 18.4 Å². The molecule has 1 amide bonds. The Morgan fingerprint density at radius 2 is 1.59 bits per heavy atom. The molecular weight excluding hydrogens is 286 g/mol. The molecule has 0 bridgehead atoms. The first-order valence-electron chi connectivity index (χ1n) is 6.96. The molecule has 0 aliphatic heterocycles. The molecule has 0 spiro atoms. The Kier molecular flexibility index (Phi) is 4.93. The number of rotatable bonds is 5. The summed E-state index contributed by atoms with van der Waals surface area (Å²) < 4.78 is 0. The van der Waals surface area contributed by atoms with Crippen LogP contribution in [-0.4, -0.2) is 28.1 Å². The zero-order valence-corrected chi connectivity index (χ0v) is 11.8. The zero-order valence-electron chi connectivity index (χ0n) is 11.8. The molecule has 0 fully saturated rings. The second-order valence-electron chi connectivity index (χ2n) is 5.18. The number of hydrogen-bond donors (Lipinski definition) is 3. The monoisotopic (exact) mass is 303 g/mol. The summed E-state index contributed by atoms with van der Waals surface area (Å²) in [5.74, 6) is -4.36. The molecule has 1 aliphatic rings. The largest absolute Gasteiger partial charge is 0.481 e. The van der Waals surface area contributed by atoms with Crippen molar-refractivity contribution in [1.82, 2.24) is 5.32 Å². The fourth-order valence-electron chi connectivity index (χ4n) is 2.56. The van der Waals surface area contributed by atoms with Gasteiger partial charge < -0.3 is 15.5 Å². The number of carboxylic acids is 2. The Balaban J connectivity index is 2.16. The van der Waals surface area contributed by atoms with E-state index < -0.39 is 35.7 Å². The van der Waals surface area contributed by atoms with E-state index in [4.69, 9.17) is 0 Å². The van der Waals surface area contributed by atoms with E-state index in [1.54, 1.807) is 42.5 Å². The first-order valence-corrected chi connectivity index (χ1v) is 6.96. The molecule has 3 N–H and O–H groups in total. The predicted octanol–water partition coefficient (Wildman–Crippen LogP) is 1.60. The van der Waals surface area contributed by atoms with E-state index in [2.05, 4.69) is 5.32 Å². The molecule has 1 aliphatic carbocycles. The highest BCUT2D eigenvalue weighted by molar-refractivity contribution is 5.89. The Labute approximate surface area is 127 Å². The lowest BCUT2D eigenvalue weighted by molar-refractivity contribution is -0.148. The first kappa shape index (κ1) is 15.8. The second-order valence-corrected chi connectivity index (χ2v) is 5.18. The van der Waals surface area contributed by atoms with Crippen LogP contribution in [0, 0.1) is 11.8 Å². The van der Waals surface area contributed by atoms with E-state index in [0.717, 1.165) is 0 Å². The van der Waals surface area contributed by atoms with Gasteiger partial charge in [-0.25, -0.2) is 4.79 Å². The lowest BCUT2D eigenvalue weighted by Crippen LogP contribution is -2.42. The van der Waals surface area contributed by atoms with Gasteiger partial charge in [-0.15, -0.1) is 0 Å². The van der Waals surface area contributed by atoms with Gasteiger partial charge in [0.25, 0.3) is 0 Å². The number of amides is 1.